The number of hydrogen-bond acceptors (Lipinski definition) is 2. The van der Waals surface area contributed by atoms with Gasteiger partial charge in [0.25, 0.3) is 0 Å². The van der Waals surface area contributed by atoms with E-state index in [-0.39, 0.29) is 27.8 Å². The van der Waals surface area contributed by atoms with Crippen LogP contribution >= 0.6 is 0 Å². The maximum Gasteiger partial charge on any atom is 0.138 e. The van der Waals surface area contributed by atoms with Crippen LogP contribution in [-0.2, 0) is 4.79 Å². The second-order valence-electron chi connectivity index (χ2n) is 13.1. The molecule has 2 nitrogen and oxygen atoms in total. The topological polar surface area (TPSA) is 37.3 Å². The summed E-state index contributed by atoms with van der Waals surface area (Å²) in [6.07, 6.45) is 10.8. The van der Waals surface area contributed by atoms with Gasteiger partial charge in [-0.25, -0.2) is 0 Å². The first-order chi connectivity index (χ1) is 14.3. The van der Waals surface area contributed by atoms with Gasteiger partial charge in [0.1, 0.15) is 5.78 Å². The van der Waals surface area contributed by atoms with Crippen LogP contribution in [-0.4, -0.2) is 17.0 Å². The fourth-order valence-corrected chi connectivity index (χ4v) is 9.10. The number of Topliss-reactive ketones (excluding diaryl/α,β-unsaturated/α-hetero) is 1. The van der Waals surface area contributed by atoms with Gasteiger partial charge in [0, 0.05) is 11.8 Å². The zero-order chi connectivity index (χ0) is 23.0. The number of hydrogen-bond donors (Lipinski definition) is 1. The van der Waals surface area contributed by atoms with Crippen LogP contribution in [0.5, 0.6) is 0 Å². The van der Waals surface area contributed by atoms with Crippen LogP contribution in [0.3, 0.4) is 0 Å². The van der Waals surface area contributed by atoms with E-state index in [1.165, 1.54) is 44.1 Å². The van der Waals surface area contributed by atoms with Crippen LogP contribution in [0.15, 0.2) is 22.8 Å². The standard InChI is InChI=1S/C29H46O2/c1-18(2)17-23(30)19(3)20-11-15-29(8)22-9-10-24-26(4,5)25(31)13-14-27(24,6)21(22)12-16-28(20,29)7/h17,19-20,23-24,30H,9-16H2,1-8H3/t19-,20+,23-,24?,27+,28+,29-/m0/s1. The van der Waals surface area contributed by atoms with E-state index in [2.05, 4.69) is 61.5 Å². The number of ketones is 1. The summed E-state index contributed by atoms with van der Waals surface area (Å²) >= 11 is 0. The van der Waals surface area contributed by atoms with Crippen molar-refractivity contribution in [3.8, 4) is 0 Å². The fraction of sp³-hybridized carbons (Fsp3) is 0.828. The summed E-state index contributed by atoms with van der Waals surface area (Å²) in [4.78, 5) is 12.8. The second-order valence-corrected chi connectivity index (χ2v) is 13.1. The molecular weight excluding hydrogens is 380 g/mol. The van der Waals surface area contributed by atoms with E-state index in [1.54, 1.807) is 11.1 Å². The zero-order valence-electron chi connectivity index (χ0n) is 21.4. The minimum Gasteiger partial charge on any atom is -0.389 e. The molecule has 0 heterocycles. The number of rotatable bonds is 3. The summed E-state index contributed by atoms with van der Waals surface area (Å²) in [5, 5.41) is 10.9. The Bertz CT molecular complexity index is 828. The summed E-state index contributed by atoms with van der Waals surface area (Å²) in [7, 11) is 0. The summed E-state index contributed by atoms with van der Waals surface area (Å²) < 4.78 is 0. The van der Waals surface area contributed by atoms with Crippen molar-refractivity contribution in [1.29, 1.82) is 0 Å². The molecule has 0 aromatic heterocycles. The molecule has 0 bridgehead atoms. The quantitative estimate of drug-likeness (QED) is 0.482. The molecule has 2 heteroatoms. The number of fused-ring (bicyclic) bond motifs is 4. The molecule has 2 saturated carbocycles. The number of allylic oxidation sites excluding steroid dienone is 3. The van der Waals surface area contributed by atoms with E-state index in [9.17, 15) is 9.90 Å². The SMILES string of the molecule is CC(C)=C[C@H](O)[C@@H](C)[C@H]1CC[C@@]2(C)C3=C(CC[C@]12C)[C@@]1(C)CCC(=O)C(C)(C)C1CC3. The Morgan fingerprint density at radius 3 is 2.29 bits per heavy atom. The van der Waals surface area contributed by atoms with Crippen molar-refractivity contribution in [1.82, 2.24) is 0 Å². The maximum absolute atomic E-state index is 12.8. The molecule has 0 saturated heterocycles. The summed E-state index contributed by atoms with van der Waals surface area (Å²) in [5.74, 6) is 1.83. The van der Waals surface area contributed by atoms with Crippen LogP contribution in [0.4, 0.5) is 0 Å². The Hall–Kier alpha value is -0.890. The van der Waals surface area contributed by atoms with E-state index in [1.807, 2.05) is 0 Å². The van der Waals surface area contributed by atoms with Gasteiger partial charge in [0.15, 0.2) is 0 Å². The van der Waals surface area contributed by atoms with Crippen molar-refractivity contribution in [3.63, 3.8) is 0 Å². The molecule has 31 heavy (non-hydrogen) atoms. The molecule has 0 aliphatic heterocycles. The molecule has 174 valence electrons. The molecule has 7 atom stereocenters. The molecule has 0 aromatic rings. The third-order valence-electron chi connectivity index (χ3n) is 11.2. The van der Waals surface area contributed by atoms with Crippen LogP contribution < -0.4 is 0 Å². The number of aliphatic hydroxyl groups is 1. The molecule has 0 aromatic carbocycles. The predicted molar refractivity (Wildman–Crippen MR) is 129 cm³/mol. The van der Waals surface area contributed by atoms with Crippen LogP contribution in [0.1, 0.15) is 107 Å². The number of carbonyl (C=O) groups is 1. The minimum atomic E-state index is -0.344. The fourth-order valence-electron chi connectivity index (χ4n) is 9.10. The second kappa shape index (κ2) is 7.31. The lowest BCUT2D eigenvalue weighted by Crippen LogP contribution is -2.54. The van der Waals surface area contributed by atoms with Crippen molar-refractivity contribution >= 4 is 5.78 Å². The Morgan fingerprint density at radius 1 is 0.968 bits per heavy atom. The molecule has 4 aliphatic carbocycles. The van der Waals surface area contributed by atoms with E-state index in [0.717, 1.165) is 12.8 Å². The van der Waals surface area contributed by atoms with Gasteiger partial charge in [-0.3, -0.25) is 4.79 Å². The third-order valence-corrected chi connectivity index (χ3v) is 11.2. The first-order valence-electron chi connectivity index (χ1n) is 12.9. The molecule has 0 amide bonds. The molecular formula is C29H46O2. The Morgan fingerprint density at radius 2 is 1.65 bits per heavy atom. The zero-order valence-corrected chi connectivity index (χ0v) is 21.4. The van der Waals surface area contributed by atoms with Gasteiger partial charge < -0.3 is 5.11 Å². The Labute approximate surface area is 191 Å². The molecule has 1 unspecified atom stereocenters. The number of aliphatic hydroxyl groups excluding tert-OH is 1. The Kier molecular flexibility index (Phi) is 5.49. The highest BCUT2D eigenvalue weighted by molar-refractivity contribution is 5.85. The van der Waals surface area contributed by atoms with Gasteiger partial charge >= 0.3 is 0 Å². The first-order valence-corrected chi connectivity index (χ1v) is 12.9. The minimum absolute atomic E-state index is 0.186. The van der Waals surface area contributed by atoms with E-state index >= 15 is 0 Å². The highest BCUT2D eigenvalue weighted by atomic mass is 16.3. The summed E-state index contributed by atoms with van der Waals surface area (Å²) in [6.45, 7) is 18.5. The molecule has 0 radical (unpaired) electrons. The van der Waals surface area contributed by atoms with Gasteiger partial charge in [0.2, 0.25) is 0 Å². The lowest BCUT2D eigenvalue weighted by molar-refractivity contribution is -0.139. The smallest absolute Gasteiger partial charge is 0.138 e. The third kappa shape index (κ3) is 3.10. The predicted octanol–water partition coefficient (Wildman–Crippen LogP) is 7.27. The van der Waals surface area contributed by atoms with Gasteiger partial charge in [0.05, 0.1) is 6.10 Å². The monoisotopic (exact) mass is 426 g/mol. The van der Waals surface area contributed by atoms with Crippen molar-refractivity contribution in [2.45, 2.75) is 113 Å². The van der Waals surface area contributed by atoms with Crippen molar-refractivity contribution in [2.75, 3.05) is 0 Å². The normalized spacial score (nSPS) is 43.6. The van der Waals surface area contributed by atoms with Crippen molar-refractivity contribution in [3.05, 3.63) is 22.8 Å². The Balaban J connectivity index is 1.72. The molecule has 2 fully saturated rings. The van der Waals surface area contributed by atoms with Crippen molar-refractivity contribution < 1.29 is 9.90 Å². The lowest BCUT2D eigenvalue weighted by Gasteiger charge is -2.61. The molecule has 1 N–H and O–H groups in total. The maximum atomic E-state index is 12.8. The van der Waals surface area contributed by atoms with Gasteiger partial charge in [-0.2, -0.15) is 0 Å². The van der Waals surface area contributed by atoms with E-state index in [4.69, 9.17) is 0 Å². The number of carbonyl (C=O) groups excluding carboxylic acids is 1. The van der Waals surface area contributed by atoms with E-state index in [0.29, 0.717) is 23.5 Å². The average molecular weight is 427 g/mol. The largest absolute Gasteiger partial charge is 0.389 e. The van der Waals surface area contributed by atoms with Crippen LogP contribution in [0.25, 0.3) is 0 Å². The molecule has 0 spiro atoms. The average Bonchev–Trinajstić information content (AvgIpc) is 2.96. The molecule has 4 rings (SSSR count). The summed E-state index contributed by atoms with van der Waals surface area (Å²) in [6, 6.07) is 0. The molecule has 4 aliphatic rings. The highest BCUT2D eigenvalue weighted by Gasteiger charge is 2.63. The van der Waals surface area contributed by atoms with Gasteiger partial charge in [-0.05, 0) is 92.8 Å². The van der Waals surface area contributed by atoms with Gasteiger partial charge in [-0.15, -0.1) is 0 Å². The lowest BCUT2D eigenvalue weighted by atomic mass is 9.43. The van der Waals surface area contributed by atoms with Crippen LogP contribution in [0, 0.1) is 39.4 Å². The van der Waals surface area contributed by atoms with E-state index < -0.39 is 0 Å². The van der Waals surface area contributed by atoms with Crippen LogP contribution in [0.2, 0.25) is 0 Å². The first kappa shape index (κ1) is 23.3. The summed E-state index contributed by atoms with van der Waals surface area (Å²) in [5.41, 5.74) is 5.21. The van der Waals surface area contributed by atoms with Crippen molar-refractivity contribution in [2.24, 2.45) is 39.4 Å². The van der Waals surface area contributed by atoms with Gasteiger partial charge in [-0.1, -0.05) is 64.3 Å². The highest BCUT2D eigenvalue weighted by Crippen LogP contribution is 2.72.